The molecule has 32 heavy (non-hydrogen) atoms. The Morgan fingerprint density at radius 1 is 1.09 bits per heavy atom. The van der Waals surface area contributed by atoms with Gasteiger partial charge in [0.05, 0.1) is 19.8 Å². The van der Waals surface area contributed by atoms with Gasteiger partial charge in [-0.15, -0.1) is 0 Å². The van der Waals surface area contributed by atoms with Crippen LogP contribution < -0.4 is 13.1 Å². The monoisotopic (exact) mass is 538 g/mol. The number of nitrogens with one attached hydrogen (secondary N) is 1. The van der Waals surface area contributed by atoms with Crippen LogP contribution in [0.2, 0.25) is 0 Å². The van der Waals surface area contributed by atoms with Crippen molar-refractivity contribution < 1.29 is 22.1 Å². The van der Waals surface area contributed by atoms with Crippen molar-refractivity contribution in [2.75, 3.05) is 19.5 Å². The third-order valence-corrected chi connectivity index (χ3v) is 5.82. The van der Waals surface area contributed by atoms with E-state index >= 15 is 0 Å². The van der Waals surface area contributed by atoms with E-state index in [1.54, 1.807) is 48.0 Å². The molecule has 0 spiro atoms. The van der Waals surface area contributed by atoms with Crippen LogP contribution in [0.15, 0.2) is 42.5 Å². The predicted octanol–water partition coefficient (Wildman–Crippen LogP) is 3.38. The van der Waals surface area contributed by atoms with Gasteiger partial charge in [-0.2, -0.15) is 5.26 Å². The van der Waals surface area contributed by atoms with Gasteiger partial charge in [0.2, 0.25) is 0 Å². The molecule has 3 rings (SSSR count). The molecule has 0 aliphatic rings. The molecule has 0 saturated carbocycles. The standard InChI is InChI=1S/C23H21N3O5.Sn/c1-13-17(22(28)25-15-5-7-16(27)8-6-15)10-20(26(13)2)18-11-21(30-3)14(12-24)9-19(18)23(29)31-4;/h5-11,27H,1-4H3,(H,25,28);/q;+1/p-1. The quantitative estimate of drug-likeness (QED) is 0.383. The Bertz CT molecular complexity index is 1230. The first-order valence-corrected chi connectivity index (χ1v) is 10.6. The summed E-state index contributed by atoms with van der Waals surface area (Å²) in [4.78, 5) is 25.4. The molecule has 1 N–H and O–H groups in total. The Hall–Kier alpha value is -3.45. The first-order valence-electron chi connectivity index (χ1n) is 9.46. The summed E-state index contributed by atoms with van der Waals surface area (Å²) in [6.07, 6.45) is 0. The molecule has 0 unspecified atom stereocenters. The average Bonchev–Trinajstić information content (AvgIpc) is 3.12. The van der Waals surface area contributed by atoms with Gasteiger partial charge < -0.3 is 9.47 Å². The van der Waals surface area contributed by atoms with Crippen LogP contribution in [-0.4, -0.2) is 53.6 Å². The second-order valence-electron chi connectivity index (χ2n) is 6.87. The Labute approximate surface area is 199 Å². The van der Waals surface area contributed by atoms with E-state index < -0.39 is 5.97 Å². The van der Waals surface area contributed by atoms with Crippen LogP contribution in [0.5, 0.6) is 11.5 Å². The maximum atomic E-state index is 13.0. The van der Waals surface area contributed by atoms with E-state index in [4.69, 9.17) is 12.5 Å². The number of aromatic nitrogens is 1. The molecule has 0 atom stereocenters. The summed E-state index contributed by atoms with van der Waals surface area (Å²) in [5.74, 6) is 0.162. The van der Waals surface area contributed by atoms with Gasteiger partial charge in [-0.25, -0.2) is 4.79 Å². The first-order chi connectivity index (χ1) is 15.3. The fourth-order valence-corrected chi connectivity index (χ4v) is 3.71. The summed E-state index contributed by atoms with van der Waals surface area (Å²) in [7, 11) is 4.51. The fraction of sp³-hybridized carbons (Fsp3) is 0.174. The number of benzene rings is 2. The van der Waals surface area contributed by atoms with E-state index in [1.807, 2.05) is 13.0 Å². The van der Waals surface area contributed by atoms with E-state index in [-0.39, 0.29) is 17.0 Å². The molecular weight excluding hydrogens is 517 g/mol. The van der Waals surface area contributed by atoms with Gasteiger partial charge in [-0.1, -0.05) is 0 Å². The van der Waals surface area contributed by atoms with Crippen molar-refractivity contribution in [2.45, 2.75) is 6.92 Å². The van der Waals surface area contributed by atoms with Crippen LogP contribution in [-0.2, 0) is 11.8 Å². The van der Waals surface area contributed by atoms with E-state index in [0.717, 1.165) is 28.7 Å². The fourth-order valence-electron chi connectivity index (χ4n) is 3.32. The normalized spacial score (nSPS) is 10.2. The van der Waals surface area contributed by atoms with Crippen LogP contribution in [0.1, 0.15) is 32.0 Å². The molecule has 0 aliphatic carbocycles. The number of hydrogen-bond acceptors (Lipinski definition) is 6. The molecule has 1 heterocycles. The van der Waals surface area contributed by atoms with Crippen molar-refractivity contribution in [3.63, 3.8) is 0 Å². The number of anilines is 1. The molecule has 0 fully saturated rings. The zero-order valence-electron chi connectivity index (χ0n) is 18.0. The summed E-state index contributed by atoms with van der Waals surface area (Å²) in [5, 5.41) is 12.3. The van der Waals surface area contributed by atoms with Gasteiger partial charge >= 0.3 is 142 Å². The second-order valence-corrected chi connectivity index (χ2v) is 7.45. The number of methoxy groups -OCH3 is 2. The minimum atomic E-state index is -0.593. The van der Waals surface area contributed by atoms with Crippen molar-refractivity contribution in [2.24, 2.45) is 7.05 Å². The third-order valence-electron chi connectivity index (χ3n) is 5.15. The van der Waals surface area contributed by atoms with E-state index in [1.165, 1.54) is 20.3 Å². The van der Waals surface area contributed by atoms with Gasteiger partial charge in [0.1, 0.15) is 11.8 Å². The molecule has 3 radical (unpaired) electrons. The number of esters is 1. The average molecular weight is 537 g/mol. The minimum absolute atomic E-state index is 0.204. The van der Waals surface area contributed by atoms with E-state index in [2.05, 4.69) is 5.32 Å². The van der Waals surface area contributed by atoms with Gasteiger partial charge in [-0.3, -0.25) is 0 Å². The molecular formula is C23H20N3O5Sn. The number of rotatable bonds is 6. The zero-order valence-corrected chi connectivity index (χ0v) is 20.8. The number of hydrogen-bond donors (Lipinski definition) is 1. The Balaban J connectivity index is 2.07. The van der Waals surface area contributed by atoms with E-state index in [9.17, 15) is 14.9 Å². The Kier molecular flexibility index (Phi) is 7.10. The summed E-state index contributed by atoms with van der Waals surface area (Å²) >= 11 is 0.934. The van der Waals surface area contributed by atoms with Crippen LogP contribution in [0.4, 0.5) is 5.69 Å². The zero-order chi connectivity index (χ0) is 23.4. The number of carbonyl (C=O) groups is 2. The Morgan fingerprint density at radius 3 is 2.34 bits per heavy atom. The van der Waals surface area contributed by atoms with Crippen molar-refractivity contribution >= 4 is 40.5 Å². The summed E-state index contributed by atoms with van der Waals surface area (Å²) < 4.78 is 17.3. The number of nitriles is 1. The van der Waals surface area contributed by atoms with Crippen LogP contribution in [0.3, 0.4) is 0 Å². The second kappa shape index (κ2) is 9.78. The topological polar surface area (TPSA) is 103 Å². The van der Waals surface area contributed by atoms with Crippen molar-refractivity contribution in [3.05, 3.63) is 64.8 Å². The molecule has 0 bridgehead atoms. The van der Waals surface area contributed by atoms with Crippen molar-refractivity contribution in [3.8, 4) is 28.8 Å². The van der Waals surface area contributed by atoms with Crippen molar-refractivity contribution in [1.29, 1.82) is 5.26 Å². The molecule has 0 aliphatic heterocycles. The number of amides is 1. The molecule has 2 aromatic carbocycles. The van der Waals surface area contributed by atoms with Crippen LogP contribution in [0, 0.1) is 18.3 Å². The number of nitrogens with zero attached hydrogens (tertiary/aromatic N) is 2. The van der Waals surface area contributed by atoms with Gasteiger partial charge in [0.15, 0.2) is 0 Å². The molecule has 1 amide bonds. The van der Waals surface area contributed by atoms with Gasteiger partial charge in [0.25, 0.3) is 0 Å². The predicted molar refractivity (Wildman–Crippen MR) is 119 cm³/mol. The van der Waals surface area contributed by atoms with Crippen molar-refractivity contribution in [1.82, 2.24) is 4.57 Å². The van der Waals surface area contributed by atoms with Gasteiger partial charge in [0, 0.05) is 0 Å². The first kappa shape index (κ1) is 23.2. The number of carbonyl (C=O) groups excluding carboxylic acids is 2. The number of ether oxygens (including phenoxy) is 2. The molecule has 1 aromatic heterocycles. The van der Waals surface area contributed by atoms with Crippen LogP contribution in [0.25, 0.3) is 11.3 Å². The molecule has 0 saturated heterocycles. The molecule has 3 aromatic rings. The summed E-state index contributed by atoms with van der Waals surface area (Å²) in [6.45, 7) is 1.81. The SMILES string of the molecule is COC(=O)c1cc(C#N)c(OC)cc1-c1cc(C(=O)Nc2ccc([O][Sn])cc2)c(C)n1C. The third kappa shape index (κ3) is 4.43. The molecule has 161 valence electrons. The van der Waals surface area contributed by atoms with Crippen LogP contribution >= 0.6 is 0 Å². The maximum absolute atomic E-state index is 13.0. The summed E-state index contributed by atoms with van der Waals surface area (Å²) in [6, 6.07) is 13.8. The van der Waals surface area contributed by atoms with E-state index in [0.29, 0.717) is 34.0 Å². The molecule has 8 nitrogen and oxygen atoms in total. The summed E-state index contributed by atoms with van der Waals surface area (Å²) in [5.41, 5.74) is 3.29. The van der Waals surface area contributed by atoms with Gasteiger partial charge in [-0.05, 0) is 6.07 Å². The molecule has 9 heteroatoms. The Morgan fingerprint density at radius 2 is 1.78 bits per heavy atom.